The van der Waals surface area contributed by atoms with E-state index < -0.39 is 11.8 Å². The number of carbonyl (C=O) groups excluding carboxylic acids is 2. The molecule has 8 heteroatoms. The molecule has 0 atom stereocenters. The molecule has 1 aromatic carbocycles. The fourth-order valence-electron chi connectivity index (χ4n) is 1.82. The molecule has 1 saturated heterocycles. The van der Waals surface area contributed by atoms with Crippen molar-refractivity contribution < 1.29 is 14.7 Å². The molecule has 0 aliphatic carbocycles. The molecule has 5 nitrogen and oxygen atoms in total. The van der Waals surface area contributed by atoms with E-state index in [0.717, 1.165) is 0 Å². The molecule has 1 heterocycles. The van der Waals surface area contributed by atoms with Crippen molar-refractivity contribution >= 4 is 73.7 Å². The van der Waals surface area contributed by atoms with Crippen molar-refractivity contribution in [3.63, 3.8) is 0 Å². The monoisotopic (exact) mass is 492 g/mol. The van der Waals surface area contributed by atoms with E-state index in [1.165, 1.54) is 17.1 Å². The highest BCUT2D eigenvalue weighted by Gasteiger charge is 2.32. The number of nitrogens with one attached hydrogen (secondary N) is 1. The summed E-state index contributed by atoms with van der Waals surface area (Å²) in [7, 11) is 0. The number of phenols is 1. The maximum Gasteiger partial charge on any atom is 0.265 e. The Morgan fingerprint density at radius 1 is 1.45 bits per heavy atom. The van der Waals surface area contributed by atoms with Crippen molar-refractivity contribution in [2.24, 2.45) is 0 Å². The standard InChI is InChI=1S/C14H10BrIN2O3S/c1-2-3-18-13(21)8(12(20)17-14(18)22)4-7-5-9(15)11(19)10(16)6-7/h2,4-6,19H,1,3H2,(H,17,20,22)/b8-4-. The lowest BCUT2D eigenvalue weighted by molar-refractivity contribution is -0.128. The van der Waals surface area contributed by atoms with E-state index in [4.69, 9.17) is 12.2 Å². The number of thiocarbonyl (C=S) groups is 1. The van der Waals surface area contributed by atoms with Gasteiger partial charge in [0, 0.05) is 6.54 Å². The molecule has 1 fully saturated rings. The van der Waals surface area contributed by atoms with Crippen LogP contribution in [0.25, 0.3) is 6.08 Å². The number of benzene rings is 1. The van der Waals surface area contributed by atoms with E-state index in [2.05, 4.69) is 27.8 Å². The van der Waals surface area contributed by atoms with Gasteiger partial charge in [-0.3, -0.25) is 19.8 Å². The summed E-state index contributed by atoms with van der Waals surface area (Å²) in [5.74, 6) is -0.918. The Balaban J connectivity index is 2.45. The largest absolute Gasteiger partial charge is 0.506 e. The molecule has 22 heavy (non-hydrogen) atoms. The van der Waals surface area contributed by atoms with Gasteiger partial charge >= 0.3 is 0 Å². The Bertz CT molecular complexity index is 710. The van der Waals surface area contributed by atoms with Crippen LogP contribution in [-0.4, -0.2) is 33.5 Å². The average molecular weight is 493 g/mol. The molecular weight excluding hydrogens is 483 g/mol. The fourth-order valence-corrected chi connectivity index (χ4v) is 3.57. The van der Waals surface area contributed by atoms with Crippen LogP contribution in [0.1, 0.15) is 5.56 Å². The summed E-state index contributed by atoms with van der Waals surface area (Å²) < 4.78 is 1.08. The van der Waals surface area contributed by atoms with Gasteiger partial charge in [-0.25, -0.2) is 0 Å². The Labute approximate surface area is 154 Å². The highest BCUT2D eigenvalue weighted by molar-refractivity contribution is 14.1. The zero-order chi connectivity index (χ0) is 16.4. The summed E-state index contributed by atoms with van der Waals surface area (Å²) in [5.41, 5.74) is 0.586. The number of hydrogen-bond acceptors (Lipinski definition) is 4. The Kier molecular flexibility index (Phi) is 5.35. The quantitative estimate of drug-likeness (QED) is 0.224. The van der Waals surface area contributed by atoms with Gasteiger partial charge in [-0.2, -0.15) is 0 Å². The smallest absolute Gasteiger partial charge is 0.265 e. The molecule has 0 radical (unpaired) electrons. The van der Waals surface area contributed by atoms with Crippen LogP contribution in [0, 0.1) is 3.57 Å². The first kappa shape index (κ1) is 17.1. The van der Waals surface area contributed by atoms with E-state index in [9.17, 15) is 14.7 Å². The number of carbonyl (C=O) groups is 2. The molecule has 2 N–H and O–H groups in total. The van der Waals surface area contributed by atoms with Crippen LogP contribution in [-0.2, 0) is 9.59 Å². The number of rotatable bonds is 3. The third-order valence-corrected chi connectivity index (χ3v) is 4.60. The zero-order valence-corrected chi connectivity index (χ0v) is 15.7. The molecule has 2 amide bonds. The first-order chi connectivity index (χ1) is 10.3. The van der Waals surface area contributed by atoms with Gasteiger partial charge in [0.1, 0.15) is 11.3 Å². The van der Waals surface area contributed by atoms with Crippen LogP contribution in [0.3, 0.4) is 0 Å². The molecule has 0 spiro atoms. The number of amides is 2. The van der Waals surface area contributed by atoms with Crippen molar-refractivity contribution in [2.75, 3.05) is 6.54 Å². The van der Waals surface area contributed by atoms with Crippen LogP contribution in [0.2, 0.25) is 0 Å². The molecule has 0 aromatic heterocycles. The minimum absolute atomic E-state index is 0.0242. The second-order valence-corrected chi connectivity index (χ2v) is 6.76. The summed E-state index contributed by atoms with van der Waals surface area (Å²) in [4.78, 5) is 25.6. The lowest BCUT2D eigenvalue weighted by atomic mass is 10.1. The van der Waals surface area contributed by atoms with Crippen molar-refractivity contribution in [3.05, 3.63) is 44.0 Å². The molecule has 2 rings (SSSR count). The third-order valence-electron chi connectivity index (χ3n) is 2.85. The number of halogens is 2. The van der Waals surface area contributed by atoms with E-state index in [1.807, 2.05) is 22.6 Å². The van der Waals surface area contributed by atoms with Crippen molar-refractivity contribution in [2.45, 2.75) is 0 Å². The Morgan fingerprint density at radius 3 is 2.73 bits per heavy atom. The fraction of sp³-hybridized carbons (Fsp3) is 0.0714. The predicted octanol–water partition coefficient (Wildman–Crippen LogP) is 2.57. The molecule has 1 aliphatic rings. The van der Waals surface area contributed by atoms with Crippen LogP contribution < -0.4 is 5.32 Å². The maximum atomic E-state index is 12.4. The summed E-state index contributed by atoms with van der Waals surface area (Å²) in [6.45, 7) is 3.78. The van der Waals surface area contributed by atoms with Crippen LogP contribution >= 0.6 is 50.7 Å². The van der Waals surface area contributed by atoms with Gasteiger partial charge in [-0.15, -0.1) is 6.58 Å². The van der Waals surface area contributed by atoms with Gasteiger partial charge in [-0.1, -0.05) is 6.08 Å². The minimum atomic E-state index is -0.547. The topological polar surface area (TPSA) is 69.6 Å². The van der Waals surface area contributed by atoms with Crippen LogP contribution in [0.4, 0.5) is 0 Å². The SMILES string of the molecule is C=CCN1C(=O)/C(=C\c2cc(Br)c(O)c(I)c2)C(=O)NC1=S. The van der Waals surface area contributed by atoms with E-state index in [1.54, 1.807) is 12.1 Å². The van der Waals surface area contributed by atoms with Crippen molar-refractivity contribution in [1.82, 2.24) is 10.2 Å². The Morgan fingerprint density at radius 2 is 2.14 bits per heavy atom. The van der Waals surface area contributed by atoms with Crippen LogP contribution in [0.5, 0.6) is 5.75 Å². The number of phenolic OH excluding ortho intramolecular Hbond substituents is 1. The molecule has 1 aromatic rings. The van der Waals surface area contributed by atoms with E-state index in [0.29, 0.717) is 13.6 Å². The maximum absolute atomic E-state index is 12.4. The van der Waals surface area contributed by atoms with E-state index in [-0.39, 0.29) is 23.0 Å². The summed E-state index contributed by atoms with van der Waals surface area (Å²) in [6.07, 6.45) is 2.99. The first-order valence-electron chi connectivity index (χ1n) is 6.03. The lowest BCUT2D eigenvalue weighted by Gasteiger charge is -2.27. The third kappa shape index (κ3) is 3.39. The van der Waals surface area contributed by atoms with Gasteiger partial charge in [0.2, 0.25) is 0 Å². The number of hydrogen-bond donors (Lipinski definition) is 2. The first-order valence-corrected chi connectivity index (χ1v) is 8.31. The molecule has 0 saturated carbocycles. The van der Waals surface area contributed by atoms with Gasteiger partial charge < -0.3 is 5.11 Å². The molecule has 1 aliphatic heterocycles. The molecule has 0 bridgehead atoms. The summed E-state index contributed by atoms with van der Waals surface area (Å²) in [5, 5.41) is 12.3. The number of aromatic hydroxyl groups is 1. The zero-order valence-electron chi connectivity index (χ0n) is 11.1. The second-order valence-electron chi connectivity index (χ2n) is 4.35. The predicted molar refractivity (Wildman–Crippen MR) is 99.2 cm³/mol. The average Bonchev–Trinajstić information content (AvgIpc) is 2.45. The van der Waals surface area contributed by atoms with Gasteiger partial charge in [0.15, 0.2) is 5.11 Å². The highest BCUT2D eigenvalue weighted by Crippen LogP contribution is 2.31. The van der Waals surface area contributed by atoms with Gasteiger partial charge in [-0.05, 0) is 74.5 Å². The van der Waals surface area contributed by atoms with E-state index >= 15 is 0 Å². The summed E-state index contributed by atoms with van der Waals surface area (Å²) in [6, 6.07) is 3.29. The van der Waals surface area contributed by atoms with Gasteiger partial charge in [0.05, 0.1) is 8.04 Å². The highest BCUT2D eigenvalue weighted by atomic mass is 127. The molecule has 0 unspecified atom stereocenters. The Hall–Kier alpha value is -1.26. The van der Waals surface area contributed by atoms with Crippen molar-refractivity contribution in [1.29, 1.82) is 0 Å². The molecule has 114 valence electrons. The number of nitrogens with zero attached hydrogens (tertiary/aromatic N) is 1. The normalized spacial score (nSPS) is 16.9. The summed E-state index contributed by atoms with van der Waals surface area (Å²) >= 11 is 10.2. The van der Waals surface area contributed by atoms with Gasteiger partial charge in [0.25, 0.3) is 11.8 Å². The minimum Gasteiger partial charge on any atom is -0.506 e. The lowest BCUT2D eigenvalue weighted by Crippen LogP contribution is -2.53. The van der Waals surface area contributed by atoms with Crippen LogP contribution in [0.15, 0.2) is 34.8 Å². The molecular formula is C14H10BrIN2O3S. The second kappa shape index (κ2) is 6.88. The van der Waals surface area contributed by atoms with Crippen molar-refractivity contribution in [3.8, 4) is 5.75 Å².